The van der Waals surface area contributed by atoms with Gasteiger partial charge >= 0.3 is 0 Å². The van der Waals surface area contributed by atoms with E-state index in [1.54, 1.807) is 53.5 Å². The first-order valence-electron chi connectivity index (χ1n) is 8.11. The van der Waals surface area contributed by atoms with E-state index >= 15 is 0 Å². The largest absolute Gasteiger partial charge is 0.504 e. The number of ether oxygens (including phenoxy) is 2. The van der Waals surface area contributed by atoms with E-state index in [1.807, 2.05) is 18.2 Å². The van der Waals surface area contributed by atoms with Gasteiger partial charge < -0.3 is 19.7 Å². The van der Waals surface area contributed by atoms with E-state index < -0.39 is 0 Å². The molecule has 138 valence electrons. The van der Waals surface area contributed by atoms with E-state index in [-0.39, 0.29) is 11.5 Å². The molecular weight excluding hydrogens is 346 g/mol. The van der Waals surface area contributed by atoms with Crippen LogP contribution in [-0.2, 0) is 0 Å². The normalized spacial score (nSPS) is 11.3. The summed E-state index contributed by atoms with van der Waals surface area (Å²) in [6, 6.07) is 10.1. The Labute approximate surface area is 156 Å². The van der Waals surface area contributed by atoms with Crippen LogP contribution in [0.25, 0.3) is 24.4 Å². The topological polar surface area (TPSA) is 89.6 Å². The lowest BCUT2D eigenvalue weighted by Gasteiger charge is -2.03. The quantitative estimate of drug-likeness (QED) is 0.695. The maximum absolute atomic E-state index is 9.62. The Morgan fingerprint density at radius 3 is 2.04 bits per heavy atom. The van der Waals surface area contributed by atoms with Gasteiger partial charge in [-0.2, -0.15) is 0 Å². The van der Waals surface area contributed by atoms with E-state index in [0.717, 1.165) is 11.1 Å². The van der Waals surface area contributed by atoms with Gasteiger partial charge in [-0.15, -0.1) is 5.10 Å². The second-order valence-corrected chi connectivity index (χ2v) is 5.64. The number of nitrogens with zero attached hydrogens (tertiary/aromatic N) is 3. The Morgan fingerprint density at radius 2 is 1.44 bits per heavy atom. The summed E-state index contributed by atoms with van der Waals surface area (Å²) in [5.41, 5.74) is 2.40. The Bertz CT molecular complexity index is 915. The highest BCUT2D eigenvalue weighted by Gasteiger charge is 2.02. The monoisotopic (exact) mass is 365 g/mol. The number of phenolic OH excluding ortho intramolecular Hbond substituents is 2. The smallest absolute Gasteiger partial charge is 0.161 e. The molecule has 0 saturated carbocycles. The van der Waals surface area contributed by atoms with Crippen molar-refractivity contribution < 1.29 is 19.7 Å². The fourth-order valence-electron chi connectivity index (χ4n) is 2.38. The van der Waals surface area contributed by atoms with Gasteiger partial charge in [-0.05, 0) is 47.5 Å². The molecule has 0 unspecified atom stereocenters. The van der Waals surface area contributed by atoms with Gasteiger partial charge in [0.1, 0.15) is 5.69 Å². The van der Waals surface area contributed by atoms with Gasteiger partial charge in [-0.1, -0.05) is 23.4 Å². The van der Waals surface area contributed by atoms with E-state index in [0.29, 0.717) is 17.2 Å². The zero-order valence-electron chi connectivity index (χ0n) is 14.9. The summed E-state index contributed by atoms with van der Waals surface area (Å²) in [4.78, 5) is 0. The highest BCUT2D eigenvalue weighted by atomic mass is 16.5. The number of aromatic nitrogens is 3. The highest BCUT2D eigenvalue weighted by molar-refractivity contribution is 5.69. The number of aromatic hydroxyl groups is 2. The minimum absolute atomic E-state index is 0.0914. The summed E-state index contributed by atoms with van der Waals surface area (Å²) in [6.07, 6.45) is 9.01. The van der Waals surface area contributed by atoms with Gasteiger partial charge in [0.15, 0.2) is 23.0 Å². The maximum Gasteiger partial charge on any atom is 0.161 e. The molecule has 0 amide bonds. The van der Waals surface area contributed by atoms with Gasteiger partial charge in [0.05, 0.1) is 20.4 Å². The Morgan fingerprint density at radius 1 is 0.852 bits per heavy atom. The first kappa shape index (κ1) is 18.1. The second-order valence-electron chi connectivity index (χ2n) is 5.64. The van der Waals surface area contributed by atoms with E-state index in [2.05, 4.69) is 10.3 Å². The average molecular weight is 365 g/mol. The van der Waals surface area contributed by atoms with Crippen LogP contribution in [0.2, 0.25) is 0 Å². The van der Waals surface area contributed by atoms with Crippen molar-refractivity contribution >= 4 is 24.4 Å². The molecular formula is C20H19N3O4. The second kappa shape index (κ2) is 8.09. The molecule has 7 heteroatoms. The molecule has 2 aromatic carbocycles. The summed E-state index contributed by atoms with van der Waals surface area (Å²) in [6.45, 7) is 0. The van der Waals surface area contributed by atoms with Gasteiger partial charge in [0.2, 0.25) is 0 Å². The highest BCUT2D eigenvalue weighted by Crippen LogP contribution is 2.27. The minimum atomic E-state index is 0.0914. The molecule has 3 aromatic rings. The van der Waals surface area contributed by atoms with E-state index in [1.165, 1.54) is 14.2 Å². The summed E-state index contributed by atoms with van der Waals surface area (Å²) < 4.78 is 11.8. The Kier molecular flexibility index (Phi) is 5.41. The molecule has 2 N–H and O–H groups in total. The molecule has 7 nitrogen and oxygen atoms in total. The molecule has 0 bridgehead atoms. The summed E-state index contributed by atoms with van der Waals surface area (Å²) >= 11 is 0. The van der Waals surface area contributed by atoms with Crippen LogP contribution in [0.4, 0.5) is 0 Å². The molecule has 1 aromatic heterocycles. The van der Waals surface area contributed by atoms with Crippen molar-refractivity contribution in [1.29, 1.82) is 0 Å². The minimum Gasteiger partial charge on any atom is -0.504 e. The molecule has 0 saturated heterocycles. The zero-order valence-corrected chi connectivity index (χ0v) is 14.9. The van der Waals surface area contributed by atoms with Crippen LogP contribution in [0.15, 0.2) is 42.6 Å². The predicted octanol–water partition coefficient (Wildman–Crippen LogP) is 3.50. The third-order valence-corrected chi connectivity index (χ3v) is 3.80. The number of rotatable bonds is 6. The molecule has 0 spiro atoms. The molecule has 27 heavy (non-hydrogen) atoms. The third kappa shape index (κ3) is 4.46. The van der Waals surface area contributed by atoms with Crippen LogP contribution < -0.4 is 9.47 Å². The molecule has 0 aliphatic heterocycles. The van der Waals surface area contributed by atoms with Crippen LogP contribution in [-0.4, -0.2) is 39.4 Å². The van der Waals surface area contributed by atoms with Crippen LogP contribution in [0, 0.1) is 0 Å². The number of hydrogen-bond donors (Lipinski definition) is 2. The number of methoxy groups -OCH3 is 2. The van der Waals surface area contributed by atoms with Crippen molar-refractivity contribution in [2.24, 2.45) is 0 Å². The lowest BCUT2D eigenvalue weighted by atomic mass is 10.2. The van der Waals surface area contributed by atoms with Crippen LogP contribution in [0.1, 0.15) is 16.8 Å². The first-order chi connectivity index (χ1) is 13.1. The van der Waals surface area contributed by atoms with E-state index in [9.17, 15) is 10.2 Å². The van der Waals surface area contributed by atoms with Gasteiger partial charge in [0, 0.05) is 6.20 Å². The Balaban J connectivity index is 1.71. The fourth-order valence-corrected chi connectivity index (χ4v) is 2.38. The van der Waals surface area contributed by atoms with Crippen LogP contribution in [0.3, 0.4) is 0 Å². The van der Waals surface area contributed by atoms with Crippen molar-refractivity contribution in [2.45, 2.75) is 0 Å². The van der Waals surface area contributed by atoms with Crippen molar-refractivity contribution in [2.75, 3.05) is 14.2 Å². The summed E-state index contributed by atoms with van der Waals surface area (Å²) in [7, 11) is 3.01. The van der Waals surface area contributed by atoms with Gasteiger partial charge in [0.25, 0.3) is 0 Å². The molecule has 0 aliphatic carbocycles. The molecule has 1 heterocycles. The van der Waals surface area contributed by atoms with Crippen molar-refractivity contribution in [3.63, 3.8) is 0 Å². The lowest BCUT2D eigenvalue weighted by Crippen LogP contribution is -1.87. The van der Waals surface area contributed by atoms with Crippen molar-refractivity contribution in [3.8, 4) is 23.0 Å². The first-order valence-corrected chi connectivity index (χ1v) is 8.11. The standard InChI is InChI=1S/C20H19N3O4/c1-26-19-11-14(4-7-17(19)24)3-6-16-13-23(22-21-16)10-9-15-5-8-18(25)20(12-15)27-2/h3-13,24-25H,1-2H3/b6-3+,10-9+. The maximum atomic E-state index is 9.62. The SMILES string of the molecule is COc1cc(/C=C/c2cn(/C=C/c3ccc(O)c(OC)c3)nn2)ccc1O. The van der Waals surface area contributed by atoms with Crippen molar-refractivity contribution in [3.05, 3.63) is 59.4 Å². The predicted molar refractivity (Wildman–Crippen MR) is 103 cm³/mol. The van der Waals surface area contributed by atoms with Crippen LogP contribution in [0.5, 0.6) is 23.0 Å². The molecule has 0 atom stereocenters. The molecule has 3 rings (SSSR count). The van der Waals surface area contributed by atoms with E-state index in [4.69, 9.17) is 9.47 Å². The van der Waals surface area contributed by atoms with Crippen LogP contribution >= 0.6 is 0 Å². The number of hydrogen-bond acceptors (Lipinski definition) is 6. The molecule has 0 aliphatic rings. The summed E-state index contributed by atoms with van der Waals surface area (Å²) in [5.74, 6) is 1.00. The zero-order chi connectivity index (χ0) is 19.2. The lowest BCUT2D eigenvalue weighted by molar-refractivity contribution is 0.373. The Hall–Kier alpha value is -3.74. The van der Waals surface area contributed by atoms with Gasteiger partial charge in [-0.3, -0.25) is 0 Å². The molecule has 0 radical (unpaired) electrons. The number of benzene rings is 2. The average Bonchev–Trinajstić information content (AvgIpc) is 3.14. The van der Waals surface area contributed by atoms with Gasteiger partial charge in [-0.25, -0.2) is 4.68 Å². The third-order valence-electron chi connectivity index (χ3n) is 3.80. The van der Waals surface area contributed by atoms with Crippen molar-refractivity contribution in [1.82, 2.24) is 15.0 Å². The fraction of sp³-hybridized carbons (Fsp3) is 0.100. The number of phenols is 2. The molecule has 0 fully saturated rings. The summed E-state index contributed by atoms with van der Waals surface area (Å²) in [5, 5.41) is 27.4.